The number of thiophene rings is 1. The van der Waals surface area contributed by atoms with Gasteiger partial charge in [-0.2, -0.15) is 4.98 Å². The fourth-order valence-corrected chi connectivity index (χ4v) is 4.91. The van der Waals surface area contributed by atoms with Crippen molar-refractivity contribution in [1.29, 1.82) is 0 Å². The average molecular weight is 379 g/mol. The molecule has 0 fully saturated rings. The van der Waals surface area contributed by atoms with Crippen molar-refractivity contribution < 1.29 is 13.2 Å². The van der Waals surface area contributed by atoms with E-state index in [1.807, 2.05) is 32.0 Å². The maximum absolute atomic E-state index is 14.5. The van der Waals surface area contributed by atoms with Crippen molar-refractivity contribution in [1.82, 2.24) is 4.98 Å². The zero-order chi connectivity index (χ0) is 18.7. The standard InChI is InChI=1S/C21H14FNO3S/c1-3-12-18-14(22)5-4-6-17(18)27-20(12)19-13-9-16-15(23-21(24)26-16)8-11(13)7-10(2)25-19/h4-9H,3H2,1-2H3. The Labute approximate surface area is 156 Å². The molecule has 5 rings (SSSR count). The topological polar surface area (TPSA) is 56.2 Å². The molecule has 3 heterocycles. The van der Waals surface area contributed by atoms with Crippen LogP contribution in [-0.2, 0) is 6.42 Å². The molecule has 0 bridgehead atoms. The molecule has 0 N–H and O–H groups in total. The number of fused-ring (bicyclic) bond motifs is 3. The molecule has 0 aliphatic rings. The largest absolute Gasteiger partial charge is 0.460 e. The van der Waals surface area contributed by atoms with Crippen molar-refractivity contribution in [3.8, 4) is 10.6 Å². The van der Waals surface area contributed by atoms with Crippen LogP contribution in [0, 0.1) is 12.7 Å². The number of aryl methyl sites for hydroxylation is 2. The van der Waals surface area contributed by atoms with E-state index in [-0.39, 0.29) is 5.82 Å². The fourth-order valence-electron chi connectivity index (χ4n) is 3.61. The summed E-state index contributed by atoms with van der Waals surface area (Å²) in [5, 5.41) is 2.35. The Balaban J connectivity index is 1.92. The lowest BCUT2D eigenvalue weighted by Gasteiger charge is -2.08. The maximum atomic E-state index is 14.5. The van der Waals surface area contributed by atoms with Gasteiger partial charge < -0.3 is 8.83 Å². The predicted octanol–water partition coefficient (Wildman–Crippen LogP) is 5.83. The molecule has 0 amide bonds. The molecule has 5 aromatic rings. The highest BCUT2D eigenvalue weighted by Crippen LogP contribution is 2.43. The zero-order valence-electron chi connectivity index (χ0n) is 14.6. The van der Waals surface area contributed by atoms with E-state index in [4.69, 9.17) is 8.83 Å². The van der Waals surface area contributed by atoms with Gasteiger partial charge in [0, 0.05) is 15.5 Å². The molecule has 0 aliphatic carbocycles. The van der Waals surface area contributed by atoms with Crippen LogP contribution in [-0.4, -0.2) is 4.98 Å². The Bertz CT molecular complexity index is 1410. The van der Waals surface area contributed by atoms with Crippen LogP contribution >= 0.6 is 11.3 Å². The second-order valence-electron chi connectivity index (χ2n) is 6.45. The molecule has 0 radical (unpaired) electrons. The van der Waals surface area contributed by atoms with E-state index in [1.165, 1.54) is 17.4 Å². The quantitative estimate of drug-likeness (QED) is 0.387. The van der Waals surface area contributed by atoms with Crippen LogP contribution in [0.1, 0.15) is 18.2 Å². The molecule has 0 unspecified atom stereocenters. The Morgan fingerprint density at radius 2 is 2.04 bits per heavy atom. The summed E-state index contributed by atoms with van der Waals surface area (Å²) in [5.74, 6) is 0.544. The molecule has 0 spiro atoms. The van der Waals surface area contributed by atoms with E-state index >= 15 is 0 Å². The van der Waals surface area contributed by atoms with E-state index in [0.29, 0.717) is 28.7 Å². The van der Waals surface area contributed by atoms with E-state index in [0.717, 1.165) is 31.7 Å². The van der Waals surface area contributed by atoms with E-state index in [2.05, 4.69) is 4.98 Å². The van der Waals surface area contributed by atoms with Crippen molar-refractivity contribution in [2.75, 3.05) is 0 Å². The summed E-state index contributed by atoms with van der Waals surface area (Å²) in [7, 11) is 0. The van der Waals surface area contributed by atoms with E-state index in [1.54, 1.807) is 12.1 Å². The highest BCUT2D eigenvalue weighted by molar-refractivity contribution is 7.22. The Morgan fingerprint density at radius 1 is 1.19 bits per heavy atom. The molecule has 4 nitrogen and oxygen atoms in total. The van der Waals surface area contributed by atoms with Gasteiger partial charge >= 0.3 is 5.76 Å². The van der Waals surface area contributed by atoms with E-state index < -0.39 is 5.76 Å². The summed E-state index contributed by atoms with van der Waals surface area (Å²) in [6.07, 6.45) is 0.677. The SMILES string of the molecule is CCc1c(-c2oc(C)cc3cc4nc(=O)oc4cc23)sc2cccc(F)c12. The Hall–Kier alpha value is -2.99. The molecule has 0 saturated carbocycles. The zero-order valence-corrected chi connectivity index (χ0v) is 15.4. The first-order valence-electron chi connectivity index (χ1n) is 8.60. The minimum Gasteiger partial charge on any atom is -0.460 e. The molecule has 6 heteroatoms. The van der Waals surface area contributed by atoms with Crippen molar-refractivity contribution in [3.05, 3.63) is 64.1 Å². The normalized spacial score (nSPS) is 11.8. The molecule has 134 valence electrons. The van der Waals surface area contributed by atoms with Crippen LogP contribution in [0.2, 0.25) is 0 Å². The first-order chi connectivity index (χ1) is 13.0. The fraction of sp³-hybridized carbons (Fsp3) is 0.143. The van der Waals surface area contributed by atoms with Gasteiger partial charge in [-0.05, 0) is 54.6 Å². The number of hydrogen-bond donors (Lipinski definition) is 0. The van der Waals surface area contributed by atoms with E-state index in [9.17, 15) is 9.18 Å². The van der Waals surface area contributed by atoms with Gasteiger partial charge in [0.1, 0.15) is 17.1 Å². The monoisotopic (exact) mass is 379 g/mol. The van der Waals surface area contributed by atoms with Gasteiger partial charge in [0.2, 0.25) is 0 Å². The minimum absolute atomic E-state index is 0.225. The second-order valence-corrected chi connectivity index (χ2v) is 7.50. The highest BCUT2D eigenvalue weighted by Gasteiger charge is 2.20. The van der Waals surface area contributed by atoms with Gasteiger partial charge in [-0.15, -0.1) is 11.3 Å². The lowest BCUT2D eigenvalue weighted by Crippen LogP contribution is -1.92. The molecule has 3 aromatic heterocycles. The van der Waals surface area contributed by atoms with Gasteiger partial charge in [-0.3, -0.25) is 0 Å². The number of halogens is 1. The molecule has 27 heavy (non-hydrogen) atoms. The lowest BCUT2D eigenvalue weighted by molar-refractivity contribution is 0.538. The lowest BCUT2D eigenvalue weighted by atomic mass is 10.0. The first kappa shape index (κ1) is 16.2. The van der Waals surface area contributed by atoms with Crippen molar-refractivity contribution in [2.24, 2.45) is 0 Å². The summed E-state index contributed by atoms with van der Waals surface area (Å²) in [4.78, 5) is 16.3. The minimum atomic E-state index is -0.617. The number of rotatable bonds is 2. The summed E-state index contributed by atoms with van der Waals surface area (Å²) in [5.41, 5.74) is 1.85. The maximum Gasteiger partial charge on any atom is 0.439 e. The average Bonchev–Trinajstić information content (AvgIpc) is 3.18. The van der Waals surface area contributed by atoms with Crippen molar-refractivity contribution in [3.63, 3.8) is 0 Å². The molecule has 0 aliphatic heterocycles. The van der Waals surface area contributed by atoms with Crippen molar-refractivity contribution in [2.45, 2.75) is 20.3 Å². The number of aromatic nitrogens is 1. The van der Waals surface area contributed by atoms with Crippen LogP contribution in [0.3, 0.4) is 0 Å². The number of oxazole rings is 1. The van der Waals surface area contributed by atoms with Crippen LogP contribution in [0.25, 0.3) is 42.6 Å². The number of benzene rings is 2. The van der Waals surface area contributed by atoms with Crippen LogP contribution in [0.15, 0.2) is 50.0 Å². The van der Waals surface area contributed by atoms with Gasteiger partial charge in [-0.1, -0.05) is 13.0 Å². The molecule has 0 atom stereocenters. The predicted molar refractivity (Wildman–Crippen MR) is 105 cm³/mol. The third kappa shape index (κ3) is 2.40. The van der Waals surface area contributed by atoms with Crippen LogP contribution in [0.5, 0.6) is 0 Å². The summed E-state index contributed by atoms with van der Waals surface area (Å²) >= 11 is 1.51. The smallest absolute Gasteiger partial charge is 0.439 e. The number of nitrogens with zero attached hydrogens (tertiary/aromatic N) is 1. The first-order valence-corrected chi connectivity index (χ1v) is 9.42. The highest BCUT2D eigenvalue weighted by atomic mass is 32.1. The molecular weight excluding hydrogens is 365 g/mol. The molecule has 0 saturated heterocycles. The number of hydrogen-bond acceptors (Lipinski definition) is 5. The van der Waals surface area contributed by atoms with Crippen molar-refractivity contribution >= 4 is 43.3 Å². The molecule has 2 aromatic carbocycles. The van der Waals surface area contributed by atoms with Gasteiger partial charge in [-0.25, -0.2) is 9.18 Å². The second kappa shape index (κ2) is 5.76. The summed E-state index contributed by atoms with van der Waals surface area (Å²) < 4.78 is 26.6. The van der Waals surface area contributed by atoms with Gasteiger partial charge in [0.05, 0.1) is 4.88 Å². The molecular formula is C21H14FNO3S. The van der Waals surface area contributed by atoms with Gasteiger partial charge in [0.25, 0.3) is 0 Å². The summed E-state index contributed by atoms with van der Waals surface area (Å²) in [6.45, 7) is 3.88. The van der Waals surface area contributed by atoms with Gasteiger partial charge in [0.15, 0.2) is 11.3 Å². The van der Waals surface area contributed by atoms with Crippen LogP contribution in [0.4, 0.5) is 4.39 Å². The third-order valence-electron chi connectivity index (χ3n) is 4.73. The Kier molecular flexibility index (Phi) is 3.45. The third-order valence-corrected chi connectivity index (χ3v) is 5.93. The van der Waals surface area contributed by atoms with Crippen LogP contribution < -0.4 is 5.76 Å². The Morgan fingerprint density at radius 3 is 2.85 bits per heavy atom. The summed E-state index contributed by atoms with van der Waals surface area (Å²) in [6, 6.07) is 10.6.